The van der Waals surface area contributed by atoms with E-state index in [1.165, 1.54) is 16.7 Å². The van der Waals surface area contributed by atoms with Gasteiger partial charge in [-0.25, -0.2) is 0 Å². The van der Waals surface area contributed by atoms with Crippen molar-refractivity contribution >= 4 is 63.5 Å². The van der Waals surface area contributed by atoms with Gasteiger partial charge in [-0.2, -0.15) is 0 Å². The first-order chi connectivity index (χ1) is 13.4. The lowest BCUT2D eigenvalue weighted by Crippen LogP contribution is -2.29. The quantitative estimate of drug-likeness (QED) is 0.513. The molecular weight excluding hydrogens is 416 g/mol. The smallest absolute Gasteiger partial charge is 0.266 e. The van der Waals surface area contributed by atoms with E-state index in [0.29, 0.717) is 32.9 Å². The summed E-state index contributed by atoms with van der Waals surface area (Å²) in [4.78, 5) is 26.6. The number of thioether (sulfide) groups is 1. The second kappa shape index (κ2) is 9.23. The number of hydrogen-bond acceptors (Lipinski definition) is 5. The molecule has 1 fully saturated rings. The number of amides is 2. The van der Waals surface area contributed by atoms with Gasteiger partial charge in [0.2, 0.25) is 5.91 Å². The van der Waals surface area contributed by atoms with Gasteiger partial charge in [-0.05, 0) is 54.5 Å². The predicted octanol–water partition coefficient (Wildman–Crippen LogP) is 4.67. The molecule has 2 N–H and O–H groups in total. The maximum atomic E-state index is 12.6. The second-order valence-corrected chi connectivity index (χ2v) is 8.20. The number of thiocarbonyl (C=S) groups is 1. The van der Waals surface area contributed by atoms with Crippen LogP contribution in [0.2, 0.25) is 5.02 Å². The van der Waals surface area contributed by atoms with E-state index in [0.717, 1.165) is 5.56 Å². The van der Waals surface area contributed by atoms with E-state index in [1.54, 1.807) is 54.6 Å². The molecule has 2 aromatic rings. The van der Waals surface area contributed by atoms with Crippen LogP contribution < -0.4 is 5.32 Å². The van der Waals surface area contributed by atoms with Crippen molar-refractivity contribution < 1.29 is 14.7 Å². The molecule has 1 aliphatic rings. The van der Waals surface area contributed by atoms with Crippen LogP contribution in [0.3, 0.4) is 0 Å². The molecule has 2 aromatic carbocycles. The van der Waals surface area contributed by atoms with Crippen molar-refractivity contribution in [2.45, 2.75) is 12.8 Å². The summed E-state index contributed by atoms with van der Waals surface area (Å²) in [5.41, 5.74) is 1.40. The summed E-state index contributed by atoms with van der Waals surface area (Å²) in [7, 11) is 0. The van der Waals surface area contributed by atoms with Crippen LogP contribution in [-0.2, 0) is 9.59 Å². The fourth-order valence-corrected chi connectivity index (χ4v) is 4.05. The van der Waals surface area contributed by atoms with Gasteiger partial charge in [-0.1, -0.05) is 47.7 Å². The van der Waals surface area contributed by atoms with Gasteiger partial charge in [0.05, 0.1) is 4.91 Å². The van der Waals surface area contributed by atoms with Crippen molar-refractivity contribution in [1.29, 1.82) is 0 Å². The fraction of sp³-hybridized carbons (Fsp3) is 0.150. The molecule has 0 spiro atoms. The number of nitrogens with zero attached hydrogens (tertiary/aromatic N) is 1. The van der Waals surface area contributed by atoms with Gasteiger partial charge in [-0.15, -0.1) is 0 Å². The van der Waals surface area contributed by atoms with Crippen molar-refractivity contribution in [2.24, 2.45) is 0 Å². The zero-order valence-corrected chi connectivity index (χ0v) is 17.1. The van der Waals surface area contributed by atoms with E-state index in [9.17, 15) is 14.7 Å². The Kier molecular flexibility index (Phi) is 6.72. The Bertz CT molecular complexity index is 945. The van der Waals surface area contributed by atoms with Crippen LogP contribution >= 0.6 is 35.6 Å². The Morgan fingerprint density at radius 1 is 1.25 bits per heavy atom. The number of phenols is 1. The van der Waals surface area contributed by atoms with E-state index in [4.69, 9.17) is 23.8 Å². The summed E-state index contributed by atoms with van der Waals surface area (Å²) in [5.74, 6) is -0.185. The summed E-state index contributed by atoms with van der Waals surface area (Å²) in [6, 6.07) is 13.5. The Hall–Kier alpha value is -2.35. The van der Waals surface area contributed by atoms with Crippen LogP contribution in [-0.4, -0.2) is 32.7 Å². The molecule has 1 saturated heterocycles. The third kappa shape index (κ3) is 5.34. The molecule has 1 aliphatic heterocycles. The van der Waals surface area contributed by atoms with E-state index in [-0.39, 0.29) is 24.0 Å². The lowest BCUT2D eigenvalue weighted by atomic mass is 10.2. The third-order valence-electron chi connectivity index (χ3n) is 3.96. The average Bonchev–Trinajstić information content (AvgIpc) is 2.91. The van der Waals surface area contributed by atoms with Gasteiger partial charge >= 0.3 is 0 Å². The molecular formula is C20H17ClN2O3S2. The standard InChI is InChI=1S/C20H17ClN2O3S2/c21-14-6-8-15(9-7-14)22-18(25)5-2-10-23-19(26)17(28-20(23)27)12-13-3-1-4-16(24)11-13/h1,3-4,6-9,11-12,24H,2,5,10H2,(H,22,25)/b17-12-. The largest absolute Gasteiger partial charge is 0.508 e. The zero-order valence-electron chi connectivity index (χ0n) is 14.7. The Morgan fingerprint density at radius 2 is 2.00 bits per heavy atom. The molecule has 0 saturated carbocycles. The first kappa shape index (κ1) is 20.4. The van der Waals surface area contributed by atoms with E-state index in [2.05, 4.69) is 5.32 Å². The van der Waals surface area contributed by atoms with Crippen molar-refractivity contribution in [1.82, 2.24) is 4.90 Å². The average molecular weight is 433 g/mol. The number of benzene rings is 2. The van der Waals surface area contributed by atoms with Gasteiger partial charge in [0, 0.05) is 23.7 Å². The normalized spacial score (nSPS) is 15.3. The number of phenolic OH excluding ortho intramolecular Hbond substituents is 1. The molecule has 1 heterocycles. The number of rotatable bonds is 6. The second-order valence-electron chi connectivity index (χ2n) is 6.09. The van der Waals surface area contributed by atoms with E-state index < -0.39 is 0 Å². The van der Waals surface area contributed by atoms with Crippen molar-refractivity contribution in [2.75, 3.05) is 11.9 Å². The fourth-order valence-electron chi connectivity index (χ4n) is 2.61. The minimum absolute atomic E-state index is 0.135. The highest BCUT2D eigenvalue weighted by atomic mass is 35.5. The van der Waals surface area contributed by atoms with Gasteiger partial charge in [0.1, 0.15) is 10.1 Å². The van der Waals surface area contributed by atoms with Crippen LogP contribution in [0.25, 0.3) is 6.08 Å². The van der Waals surface area contributed by atoms with Crippen LogP contribution in [0.4, 0.5) is 5.69 Å². The molecule has 8 heteroatoms. The number of halogens is 1. The molecule has 0 atom stereocenters. The molecule has 144 valence electrons. The number of anilines is 1. The summed E-state index contributed by atoms with van der Waals surface area (Å²) >= 11 is 12.3. The van der Waals surface area contributed by atoms with Crippen LogP contribution in [0.15, 0.2) is 53.4 Å². The highest BCUT2D eigenvalue weighted by molar-refractivity contribution is 8.26. The maximum absolute atomic E-state index is 12.6. The van der Waals surface area contributed by atoms with Gasteiger partial charge < -0.3 is 10.4 Å². The summed E-state index contributed by atoms with van der Waals surface area (Å²) in [6.45, 7) is 0.371. The highest BCUT2D eigenvalue weighted by Crippen LogP contribution is 2.33. The van der Waals surface area contributed by atoms with Crippen LogP contribution in [0.1, 0.15) is 18.4 Å². The molecule has 28 heavy (non-hydrogen) atoms. The minimum Gasteiger partial charge on any atom is -0.508 e. The van der Waals surface area contributed by atoms with E-state index in [1.807, 2.05) is 0 Å². The first-order valence-corrected chi connectivity index (χ1v) is 10.1. The van der Waals surface area contributed by atoms with Gasteiger partial charge in [-0.3, -0.25) is 14.5 Å². The van der Waals surface area contributed by atoms with Crippen molar-refractivity contribution in [3.05, 3.63) is 64.0 Å². The predicted molar refractivity (Wildman–Crippen MR) is 117 cm³/mol. The van der Waals surface area contributed by atoms with Crippen molar-refractivity contribution in [3.8, 4) is 5.75 Å². The Balaban J connectivity index is 1.53. The molecule has 0 radical (unpaired) electrons. The topological polar surface area (TPSA) is 69.6 Å². The number of aromatic hydroxyl groups is 1. The number of nitrogens with one attached hydrogen (secondary N) is 1. The molecule has 2 amide bonds. The highest BCUT2D eigenvalue weighted by Gasteiger charge is 2.31. The molecule has 0 aromatic heterocycles. The lowest BCUT2D eigenvalue weighted by Gasteiger charge is -2.14. The summed E-state index contributed by atoms with van der Waals surface area (Å²) in [6.07, 6.45) is 2.46. The van der Waals surface area contributed by atoms with Gasteiger partial charge in [0.15, 0.2) is 0 Å². The monoisotopic (exact) mass is 432 g/mol. The first-order valence-electron chi connectivity index (χ1n) is 8.52. The lowest BCUT2D eigenvalue weighted by molar-refractivity contribution is -0.122. The number of carbonyl (C=O) groups is 2. The summed E-state index contributed by atoms with van der Waals surface area (Å²) < 4.78 is 0.467. The molecule has 0 bridgehead atoms. The molecule has 5 nitrogen and oxygen atoms in total. The van der Waals surface area contributed by atoms with Crippen LogP contribution in [0, 0.1) is 0 Å². The SMILES string of the molecule is O=C(CCCN1C(=O)/C(=C/c2cccc(O)c2)SC1=S)Nc1ccc(Cl)cc1. The summed E-state index contributed by atoms with van der Waals surface area (Å²) in [5, 5.41) is 12.9. The van der Waals surface area contributed by atoms with E-state index >= 15 is 0 Å². The van der Waals surface area contributed by atoms with Gasteiger partial charge in [0.25, 0.3) is 5.91 Å². The van der Waals surface area contributed by atoms with Crippen molar-refractivity contribution in [3.63, 3.8) is 0 Å². The zero-order chi connectivity index (χ0) is 20.1. The minimum atomic E-state index is -0.184. The molecule has 0 unspecified atom stereocenters. The number of carbonyl (C=O) groups excluding carboxylic acids is 2. The van der Waals surface area contributed by atoms with Crippen LogP contribution in [0.5, 0.6) is 5.75 Å². The maximum Gasteiger partial charge on any atom is 0.266 e. The molecule has 0 aliphatic carbocycles. The number of hydrogen-bond donors (Lipinski definition) is 2. The third-order valence-corrected chi connectivity index (χ3v) is 5.58. The Morgan fingerprint density at radius 3 is 2.71 bits per heavy atom. The molecule has 3 rings (SSSR count). The Labute approximate surface area is 177 Å².